The van der Waals surface area contributed by atoms with Gasteiger partial charge < -0.3 is 10.2 Å². The second-order valence-electron chi connectivity index (χ2n) is 9.98. The molecular weight excluding hydrogens is 454 g/mol. The van der Waals surface area contributed by atoms with E-state index < -0.39 is 29.4 Å². The Morgan fingerprint density at radius 3 is 2.18 bits per heavy atom. The van der Waals surface area contributed by atoms with Crippen molar-refractivity contribution >= 4 is 17.3 Å². The molecule has 0 spiro atoms. The van der Waals surface area contributed by atoms with E-state index in [9.17, 15) is 27.8 Å². The van der Waals surface area contributed by atoms with Crippen LogP contribution in [0.2, 0.25) is 0 Å². The number of phenolic OH excluding ortho intramolecular Hbond substituents is 1. The van der Waals surface area contributed by atoms with E-state index in [0.29, 0.717) is 31.2 Å². The average molecular weight is 492 g/mol. The highest BCUT2D eigenvalue weighted by atomic mass is 32.2. The van der Waals surface area contributed by atoms with Crippen molar-refractivity contribution in [2.24, 2.45) is 4.99 Å². The third-order valence-electron chi connectivity index (χ3n) is 6.31. The third kappa shape index (κ3) is 10.3. The first kappa shape index (κ1) is 28.0. The van der Waals surface area contributed by atoms with Crippen LogP contribution in [0.5, 0.6) is 5.75 Å². The zero-order chi connectivity index (χ0) is 24.5. The van der Waals surface area contributed by atoms with Gasteiger partial charge >= 0.3 is 6.18 Å². The Morgan fingerprint density at radius 1 is 1.00 bits per heavy atom. The Hall–Kier alpha value is -1.28. The molecule has 2 N–H and O–H groups in total. The van der Waals surface area contributed by atoms with Gasteiger partial charge in [-0.05, 0) is 49.3 Å². The van der Waals surface area contributed by atoms with Crippen LogP contribution in [-0.4, -0.2) is 39.3 Å². The Balaban J connectivity index is 1.88. The number of phenols is 1. The maximum Gasteiger partial charge on any atom is 0.389 e. The molecule has 0 radical (unpaired) electrons. The van der Waals surface area contributed by atoms with Crippen LogP contribution in [-0.2, 0) is 5.41 Å². The molecule has 0 fully saturated rings. The highest BCUT2D eigenvalue weighted by molar-refractivity contribution is 8.12. The quantitative estimate of drug-likeness (QED) is 0.209. The number of rotatable bonds is 14. The Labute approximate surface area is 199 Å². The van der Waals surface area contributed by atoms with Crippen molar-refractivity contribution in [3.63, 3.8) is 0 Å². The van der Waals surface area contributed by atoms with Crippen molar-refractivity contribution < 1.29 is 27.8 Å². The number of alkyl halides is 3. The number of benzene rings is 1. The van der Waals surface area contributed by atoms with Gasteiger partial charge in [-0.2, -0.15) is 13.2 Å². The second kappa shape index (κ2) is 12.4. The van der Waals surface area contributed by atoms with Gasteiger partial charge in [-0.25, -0.2) is 4.39 Å². The van der Waals surface area contributed by atoms with E-state index in [2.05, 4.69) is 4.99 Å². The molecule has 1 aliphatic rings. The summed E-state index contributed by atoms with van der Waals surface area (Å²) in [6, 6.07) is 3.93. The van der Waals surface area contributed by atoms with Crippen molar-refractivity contribution in [1.82, 2.24) is 0 Å². The lowest BCUT2D eigenvalue weighted by molar-refractivity contribution is -0.135. The largest absolute Gasteiger partial charge is 0.508 e. The molecule has 188 valence electrons. The maximum absolute atomic E-state index is 13.8. The fourth-order valence-corrected chi connectivity index (χ4v) is 5.54. The van der Waals surface area contributed by atoms with Crippen LogP contribution in [0, 0.1) is 5.82 Å². The molecule has 0 aromatic heterocycles. The summed E-state index contributed by atoms with van der Waals surface area (Å²) in [5.41, 5.74) is 0.633. The lowest BCUT2D eigenvalue weighted by atomic mass is 9.71. The summed E-state index contributed by atoms with van der Waals surface area (Å²) in [4.78, 5) is 4.45. The summed E-state index contributed by atoms with van der Waals surface area (Å²) in [5.74, 6) is 0.418. The lowest BCUT2D eigenvalue weighted by Gasteiger charge is -2.38. The normalized spacial score (nSPS) is 18.6. The van der Waals surface area contributed by atoms with Gasteiger partial charge in [0.2, 0.25) is 0 Å². The molecule has 8 heteroatoms. The first-order valence-electron chi connectivity index (χ1n) is 11.8. The number of halogens is 4. The number of aliphatic hydroxyl groups is 1. The van der Waals surface area contributed by atoms with Crippen molar-refractivity contribution in [2.75, 3.05) is 5.75 Å². The fraction of sp³-hybridized carbons (Fsp3) is 0.720. The van der Waals surface area contributed by atoms with Gasteiger partial charge in [0.25, 0.3) is 0 Å². The molecule has 1 aromatic carbocycles. The highest BCUT2D eigenvalue weighted by Crippen LogP contribution is 2.41. The van der Waals surface area contributed by atoms with Crippen molar-refractivity contribution in [2.45, 2.75) is 108 Å². The van der Waals surface area contributed by atoms with E-state index in [1.165, 1.54) is 18.2 Å². The minimum Gasteiger partial charge on any atom is -0.508 e. The number of hydrogen-bond acceptors (Lipinski definition) is 4. The number of unbranched alkanes of at least 4 members (excludes halogenated alkanes) is 6. The predicted octanol–water partition coefficient (Wildman–Crippen LogP) is 7.54. The van der Waals surface area contributed by atoms with Gasteiger partial charge in [0.1, 0.15) is 11.6 Å². The molecule has 0 amide bonds. The summed E-state index contributed by atoms with van der Waals surface area (Å²) in [6.07, 6.45) is 1.74. The van der Waals surface area contributed by atoms with Gasteiger partial charge in [0, 0.05) is 17.7 Å². The van der Waals surface area contributed by atoms with Crippen LogP contribution in [0.4, 0.5) is 17.6 Å². The molecule has 0 saturated carbocycles. The van der Waals surface area contributed by atoms with Crippen LogP contribution in [0.15, 0.2) is 23.2 Å². The topological polar surface area (TPSA) is 52.8 Å². The van der Waals surface area contributed by atoms with Crippen molar-refractivity contribution in [3.8, 4) is 5.75 Å². The summed E-state index contributed by atoms with van der Waals surface area (Å²) in [7, 11) is 0. The van der Waals surface area contributed by atoms with Gasteiger partial charge in [0.05, 0.1) is 17.2 Å². The van der Waals surface area contributed by atoms with E-state index in [-0.39, 0.29) is 18.2 Å². The second-order valence-corrected chi connectivity index (χ2v) is 10.9. The standard InChI is InChI=1S/C25H37F4NO2S/c1-23(2,21-14-19(26)10-11-22(21)31)17-24(32,15-20-16-33-18-30-20)12-8-6-4-3-5-7-9-13-25(27,28)29/h10-11,14,18,20,31-32H,3-9,12-13,15-17H2,1-2H3. The number of nitrogens with zero attached hydrogens (tertiary/aromatic N) is 1. The third-order valence-corrected chi connectivity index (χ3v) is 7.16. The number of hydrogen-bond donors (Lipinski definition) is 2. The molecule has 3 nitrogen and oxygen atoms in total. The molecule has 1 heterocycles. The van der Waals surface area contributed by atoms with Gasteiger partial charge in [-0.3, -0.25) is 4.99 Å². The summed E-state index contributed by atoms with van der Waals surface area (Å²) >= 11 is 1.62. The minimum atomic E-state index is -4.07. The van der Waals surface area contributed by atoms with Crippen LogP contribution in [0.25, 0.3) is 0 Å². The monoisotopic (exact) mass is 491 g/mol. The van der Waals surface area contributed by atoms with Crippen molar-refractivity contribution in [1.29, 1.82) is 0 Å². The number of aromatic hydroxyl groups is 1. The molecular formula is C25H37F4NO2S. The molecule has 1 aromatic rings. The average Bonchev–Trinajstić information content (AvgIpc) is 3.19. The highest BCUT2D eigenvalue weighted by Gasteiger charge is 2.38. The molecule has 2 unspecified atom stereocenters. The fourth-order valence-electron chi connectivity index (χ4n) is 4.77. The Bertz CT molecular complexity index is 769. The lowest BCUT2D eigenvalue weighted by Crippen LogP contribution is -2.39. The van der Waals surface area contributed by atoms with E-state index in [1.54, 1.807) is 11.8 Å². The van der Waals surface area contributed by atoms with Crippen LogP contribution >= 0.6 is 11.8 Å². The van der Waals surface area contributed by atoms with Crippen LogP contribution in [0.3, 0.4) is 0 Å². The smallest absolute Gasteiger partial charge is 0.389 e. The summed E-state index contributed by atoms with van der Waals surface area (Å²) in [5, 5.41) is 21.9. The van der Waals surface area contributed by atoms with E-state index in [4.69, 9.17) is 0 Å². The van der Waals surface area contributed by atoms with Gasteiger partial charge in [-0.1, -0.05) is 52.4 Å². The molecule has 33 heavy (non-hydrogen) atoms. The number of aliphatic imine (C=N–C) groups is 1. The molecule has 2 rings (SSSR count). The maximum atomic E-state index is 13.8. The zero-order valence-electron chi connectivity index (χ0n) is 19.6. The first-order valence-corrected chi connectivity index (χ1v) is 12.9. The van der Waals surface area contributed by atoms with E-state index in [0.717, 1.165) is 37.9 Å². The van der Waals surface area contributed by atoms with Crippen LogP contribution in [0.1, 0.15) is 90.0 Å². The summed E-state index contributed by atoms with van der Waals surface area (Å²) in [6.45, 7) is 3.81. The Morgan fingerprint density at radius 2 is 1.61 bits per heavy atom. The van der Waals surface area contributed by atoms with Gasteiger partial charge in [0.15, 0.2) is 0 Å². The predicted molar refractivity (Wildman–Crippen MR) is 128 cm³/mol. The zero-order valence-corrected chi connectivity index (χ0v) is 20.5. The minimum absolute atomic E-state index is 0.0173. The number of thioether (sulfide) groups is 1. The molecule has 1 aliphatic heterocycles. The Kier molecular flexibility index (Phi) is 10.5. The van der Waals surface area contributed by atoms with Crippen molar-refractivity contribution in [3.05, 3.63) is 29.6 Å². The molecule has 0 saturated heterocycles. The molecule has 0 bridgehead atoms. The van der Waals surface area contributed by atoms with Crippen LogP contribution < -0.4 is 0 Å². The van der Waals surface area contributed by atoms with Gasteiger partial charge in [-0.15, -0.1) is 11.8 Å². The van der Waals surface area contributed by atoms with E-state index in [1.807, 2.05) is 19.4 Å². The summed E-state index contributed by atoms with van der Waals surface area (Å²) < 4.78 is 50.4. The molecule has 2 atom stereocenters. The van der Waals surface area contributed by atoms with E-state index >= 15 is 0 Å². The molecule has 0 aliphatic carbocycles. The first-order chi connectivity index (χ1) is 15.4. The SMILES string of the molecule is CC(C)(CC(O)(CCCCCCCCCC(F)(F)F)CC1CSC=N1)c1cc(F)ccc1O.